The van der Waals surface area contributed by atoms with Gasteiger partial charge in [0.2, 0.25) is 0 Å². The zero-order chi connectivity index (χ0) is 12.8. The van der Waals surface area contributed by atoms with Crippen molar-refractivity contribution in [1.82, 2.24) is 4.98 Å². The van der Waals surface area contributed by atoms with Crippen molar-refractivity contribution in [3.63, 3.8) is 0 Å². The summed E-state index contributed by atoms with van der Waals surface area (Å²) in [5, 5.41) is 8.81. The summed E-state index contributed by atoms with van der Waals surface area (Å²) >= 11 is 0. The highest BCUT2D eigenvalue weighted by atomic mass is 19.1. The molecule has 0 unspecified atom stereocenters. The number of rotatable bonds is 6. The summed E-state index contributed by atoms with van der Waals surface area (Å²) in [7, 11) is 1.55. The van der Waals surface area contributed by atoms with Crippen molar-refractivity contribution in [1.29, 1.82) is 0 Å². The molecule has 0 spiro atoms. The van der Waals surface area contributed by atoms with Crippen molar-refractivity contribution in [2.75, 3.05) is 31.7 Å². The Hall–Kier alpha value is -1.69. The molecule has 0 atom stereocenters. The molecule has 0 radical (unpaired) electrons. The number of methoxy groups -OCH3 is 1. The molecule has 0 aliphatic heterocycles. The summed E-state index contributed by atoms with van der Waals surface area (Å²) in [5.74, 6) is -2.06. The highest BCUT2D eigenvalue weighted by Crippen LogP contribution is 2.19. The number of ether oxygens (including phenoxy) is 1. The number of aromatic carboxylic acids is 1. The van der Waals surface area contributed by atoms with E-state index >= 15 is 0 Å². The molecular formula is C11H15FN2O3. The molecule has 0 bridgehead atoms. The van der Waals surface area contributed by atoms with Gasteiger partial charge in [-0.1, -0.05) is 0 Å². The standard InChI is InChI=1S/C11H15FN2O3/c1-3-14(6-7-17-2)10-9(12)8(11(15)16)4-5-13-10/h4-5H,3,6-7H2,1-2H3,(H,15,16). The molecule has 1 rings (SSSR count). The third-order valence-corrected chi connectivity index (χ3v) is 2.35. The third kappa shape index (κ3) is 3.13. The van der Waals surface area contributed by atoms with Gasteiger partial charge in [0.25, 0.3) is 0 Å². The quantitative estimate of drug-likeness (QED) is 0.816. The van der Waals surface area contributed by atoms with Crippen LogP contribution in [0.25, 0.3) is 0 Å². The molecule has 6 heteroatoms. The number of carbonyl (C=O) groups is 1. The Morgan fingerprint density at radius 2 is 2.35 bits per heavy atom. The number of likely N-dealkylation sites (N-methyl/N-ethyl adjacent to an activating group) is 1. The summed E-state index contributed by atoms with van der Waals surface area (Å²) in [6.45, 7) is 3.24. The Bertz CT molecular complexity index is 398. The van der Waals surface area contributed by atoms with Crippen molar-refractivity contribution >= 4 is 11.8 Å². The lowest BCUT2D eigenvalue weighted by Crippen LogP contribution is -2.29. The van der Waals surface area contributed by atoms with E-state index in [1.54, 1.807) is 12.0 Å². The van der Waals surface area contributed by atoms with Crippen LogP contribution in [0.3, 0.4) is 0 Å². The highest BCUT2D eigenvalue weighted by molar-refractivity contribution is 5.88. The first kappa shape index (κ1) is 13.4. The van der Waals surface area contributed by atoms with Gasteiger partial charge in [0.05, 0.1) is 6.61 Å². The average Bonchev–Trinajstić information content (AvgIpc) is 2.31. The molecule has 1 aromatic rings. The second kappa shape index (κ2) is 6.15. The van der Waals surface area contributed by atoms with E-state index in [1.807, 2.05) is 6.92 Å². The van der Waals surface area contributed by atoms with E-state index in [1.165, 1.54) is 6.20 Å². The van der Waals surface area contributed by atoms with Gasteiger partial charge in [-0.25, -0.2) is 14.2 Å². The lowest BCUT2D eigenvalue weighted by molar-refractivity contribution is 0.0691. The number of carboxylic acids is 1. The monoisotopic (exact) mass is 242 g/mol. The third-order valence-electron chi connectivity index (χ3n) is 2.35. The topological polar surface area (TPSA) is 62.7 Å². The molecule has 0 saturated carbocycles. The first-order valence-corrected chi connectivity index (χ1v) is 5.23. The zero-order valence-corrected chi connectivity index (χ0v) is 9.81. The first-order chi connectivity index (χ1) is 8.11. The molecule has 17 heavy (non-hydrogen) atoms. The number of hydrogen-bond acceptors (Lipinski definition) is 4. The number of hydrogen-bond donors (Lipinski definition) is 1. The smallest absolute Gasteiger partial charge is 0.338 e. The van der Waals surface area contributed by atoms with Crippen LogP contribution >= 0.6 is 0 Å². The van der Waals surface area contributed by atoms with Crippen molar-refractivity contribution in [2.45, 2.75) is 6.92 Å². The summed E-state index contributed by atoms with van der Waals surface area (Å²) in [4.78, 5) is 16.3. The van der Waals surface area contributed by atoms with Crippen molar-refractivity contribution in [2.24, 2.45) is 0 Å². The van der Waals surface area contributed by atoms with Gasteiger partial charge in [-0.2, -0.15) is 0 Å². The largest absolute Gasteiger partial charge is 0.478 e. The molecule has 0 amide bonds. The van der Waals surface area contributed by atoms with Gasteiger partial charge in [0.15, 0.2) is 11.6 Å². The zero-order valence-electron chi connectivity index (χ0n) is 9.81. The number of halogens is 1. The summed E-state index contributed by atoms with van der Waals surface area (Å²) in [6.07, 6.45) is 1.29. The highest BCUT2D eigenvalue weighted by Gasteiger charge is 2.18. The average molecular weight is 242 g/mol. The number of anilines is 1. The molecule has 94 valence electrons. The normalized spacial score (nSPS) is 10.3. The van der Waals surface area contributed by atoms with Crippen LogP contribution in [0, 0.1) is 5.82 Å². The van der Waals surface area contributed by atoms with Gasteiger partial charge in [0, 0.05) is 26.4 Å². The summed E-state index contributed by atoms with van der Waals surface area (Å²) in [6, 6.07) is 1.14. The van der Waals surface area contributed by atoms with Crippen LogP contribution in [0.5, 0.6) is 0 Å². The van der Waals surface area contributed by atoms with Crippen LogP contribution in [0.4, 0.5) is 10.2 Å². The van der Waals surface area contributed by atoms with E-state index in [0.29, 0.717) is 19.7 Å². The molecule has 1 heterocycles. The Balaban J connectivity index is 3.03. The molecule has 1 N–H and O–H groups in total. The van der Waals surface area contributed by atoms with Crippen LogP contribution in [-0.4, -0.2) is 42.9 Å². The van der Waals surface area contributed by atoms with E-state index in [2.05, 4.69) is 4.98 Å². The maximum absolute atomic E-state index is 13.9. The fraction of sp³-hybridized carbons (Fsp3) is 0.455. The second-order valence-electron chi connectivity index (χ2n) is 3.37. The SMILES string of the molecule is CCN(CCOC)c1nccc(C(=O)O)c1F. The maximum atomic E-state index is 13.9. The molecule has 0 aliphatic carbocycles. The van der Waals surface area contributed by atoms with E-state index in [4.69, 9.17) is 9.84 Å². The van der Waals surface area contributed by atoms with E-state index in [0.717, 1.165) is 6.07 Å². The molecule has 0 aliphatic rings. The van der Waals surface area contributed by atoms with E-state index in [-0.39, 0.29) is 11.4 Å². The molecule has 0 aromatic carbocycles. The number of carboxylic acid groups (broad SMARTS) is 1. The minimum absolute atomic E-state index is 0.0458. The number of aromatic nitrogens is 1. The van der Waals surface area contributed by atoms with Crippen molar-refractivity contribution < 1.29 is 19.0 Å². The fourth-order valence-corrected chi connectivity index (χ4v) is 1.43. The Labute approximate surface area is 98.8 Å². The van der Waals surface area contributed by atoms with Gasteiger partial charge < -0.3 is 14.7 Å². The van der Waals surface area contributed by atoms with Gasteiger partial charge in [-0.3, -0.25) is 0 Å². The van der Waals surface area contributed by atoms with Crippen molar-refractivity contribution in [3.05, 3.63) is 23.6 Å². The molecule has 0 saturated heterocycles. The first-order valence-electron chi connectivity index (χ1n) is 5.23. The second-order valence-corrected chi connectivity index (χ2v) is 3.37. The van der Waals surface area contributed by atoms with Crippen molar-refractivity contribution in [3.8, 4) is 0 Å². The minimum Gasteiger partial charge on any atom is -0.478 e. The van der Waals surface area contributed by atoms with Crippen LogP contribution in [-0.2, 0) is 4.74 Å². The lowest BCUT2D eigenvalue weighted by atomic mass is 10.2. The lowest BCUT2D eigenvalue weighted by Gasteiger charge is -2.22. The fourth-order valence-electron chi connectivity index (χ4n) is 1.43. The van der Waals surface area contributed by atoms with Crippen LogP contribution in [0.2, 0.25) is 0 Å². The Kier molecular flexibility index (Phi) is 4.84. The van der Waals surface area contributed by atoms with Gasteiger partial charge >= 0.3 is 5.97 Å². The van der Waals surface area contributed by atoms with Crippen LogP contribution in [0.1, 0.15) is 17.3 Å². The van der Waals surface area contributed by atoms with Crippen LogP contribution < -0.4 is 4.90 Å². The maximum Gasteiger partial charge on any atom is 0.338 e. The van der Waals surface area contributed by atoms with Gasteiger partial charge in [0.1, 0.15) is 5.56 Å². The summed E-state index contributed by atoms with van der Waals surface area (Å²) < 4.78 is 18.8. The molecule has 0 fully saturated rings. The van der Waals surface area contributed by atoms with Crippen LogP contribution in [0.15, 0.2) is 12.3 Å². The number of pyridine rings is 1. The Morgan fingerprint density at radius 3 is 2.88 bits per heavy atom. The molecular weight excluding hydrogens is 227 g/mol. The predicted octanol–water partition coefficient (Wildman–Crippen LogP) is 1.39. The number of nitrogens with zero attached hydrogens (tertiary/aromatic N) is 2. The minimum atomic E-state index is -1.30. The molecule has 1 aromatic heterocycles. The Morgan fingerprint density at radius 1 is 1.65 bits per heavy atom. The molecule has 5 nitrogen and oxygen atoms in total. The summed E-state index contributed by atoms with van der Waals surface area (Å²) in [5.41, 5.74) is -0.370. The van der Waals surface area contributed by atoms with E-state index < -0.39 is 11.8 Å². The van der Waals surface area contributed by atoms with Gasteiger partial charge in [-0.05, 0) is 13.0 Å². The predicted molar refractivity (Wildman–Crippen MR) is 60.9 cm³/mol. The van der Waals surface area contributed by atoms with Gasteiger partial charge in [-0.15, -0.1) is 0 Å². The van der Waals surface area contributed by atoms with E-state index in [9.17, 15) is 9.18 Å².